The summed E-state index contributed by atoms with van der Waals surface area (Å²) in [5.41, 5.74) is 0. The summed E-state index contributed by atoms with van der Waals surface area (Å²) in [6.07, 6.45) is 0. The highest BCUT2D eigenvalue weighted by atomic mass is 79.9. The van der Waals surface area contributed by atoms with Crippen LogP contribution in [0.25, 0.3) is 0 Å². The maximum atomic E-state index is 11.1. The van der Waals surface area contributed by atoms with Crippen LogP contribution in [-0.2, 0) is 14.3 Å². The molecule has 3 nitrogen and oxygen atoms in total. The number of alkyl halides is 1. The Morgan fingerprint density at radius 3 is 2.09 bits per heavy atom. The molecular weight excluding hydrogens is 212 g/mol. The van der Waals surface area contributed by atoms with Gasteiger partial charge in [-0.15, -0.1) is 0 Å². The smallest absolute Gasteiger partial charge is 0.315 e. The molecule has 0 aliphatic rings. The second-order valence-electron chi connectivity index (χ2n) is 2.26. The highest BCUT2D eigenvalue weighted by molar-refractivity contribution is 9.10. The lowest BCUT2D eigenvalue weighted by molar-refractivity contribution is -0.148. The molecule has 0 saturated carbocycles. The summed E-state index contributed by atoms with van der Waals surface area (Å²) in [6.45, 7) is 3.22. The van der Waals surface area contributed by atoms with E-state index in [4.69, 9.17) is 0 Å². The van der Waals surface area contributed by atoms with Crippen LogP contribution < -0.4 is 0 Å². The van der Waals surface area contributed by atoms with Crippen molar-refractivity contribution in [3.05, 3.63) is 0 Å². The topological polar surface area (TPSA) is 43.4 Å². The van der Waals surface area contributed by atoms with E-state index in [2.05, 4.69) is 20.7 Å². The number of carbonyl (C=O) groups is 2. The molecule has 0 heterocycles. The van der Waals surface area contributed by atoms with Gasteiger partial charge in [-0.1, -0.05) is 15.9 Å². The average molecular weight is 223 g/mol. The minimum atomic E-state index is -0.672. The predicted octanol–water partition coefficient (Wildman–Crippen LogP) is 1.15. The Bertz CT molecular complexity index is 165. The van der Waals surface area contributed by atoms with Crippen molar-refractivity contribution in [2.24, 2.45) is 5.92 Å². The summed E-state index contributed by atoms with van der Waals surface area (Å²) in [5.74, 6) is -1.31. The third kappa shape index (κ3) is 3.01. The van der Waals surface area contributed by atoms with Gasteiger partial charge in [0.05, 0.1) is 11.9 Å². The number of hydrogen-bond donors (Lipinski definition) is 0. The Morgan fingerprint density at radius 2 is 1.82 bits per heavy atom. The molecule has 4 heteroatoms. The molecule has 0 fully saturated rings. The second kappa shape index (κ2) is 4.49. The van der Waals surface area contributed by atoms with Crippen LogP contribution in [0.5, 0.6) is 0 Å². The number of hydrogen-bond acceptors (Lipinski definition) is 3. The molecule has 0 N–H and O–H groups in total. The molecule has 0 saturated heterocycles. The average Bonchev–Trinajstić information content (AvgIpc) is 2.00. The Hall–Kier alpha value is -0.380. The van der Waals surface area contributed by atoms with Gasteiger partial charge in [0, 0.05) is 0 Å². The first kappa shape index (κ1) is 10.6. The molecule has 0 aromatic heterocycles. The largest absolute Gasteiger partial charge is 0.468 e. The van der Waals surface area contributed by atoms with Gasteiger partial charge in [0.15, 0.2) is 5.78 Å². The van der Waals surface area contributed by atoms with Crippen LogP contribution in [0.2, 0.25) is 0 Å². The number of Topliss-reactive ketones (excluding diaryl/α,β-unsaturated/α-hetero) is 1. The molecule has 64 valence electrons. The monoisotopic (exact) mass is 222 g/mol. The fourth-order valence-corrected chi connectivity index (χ4v) is 1.03. The van der Waals surface area contributed by atoms with Crippen LogP contribution in [0.3, 0.4) is 0 Å². The lowest BCUT2D eigenvalue weighted by atomic mass is 10.1. The number of ketones is 1. The molecule has 0 aliphatic carbocycles. The van der Waals surface area contributed by atoms with E-state index in [9.17, 15) is 9.59 Å². The van der Waals surface area contributed by atoms with E-state index in [1.54, 1.807) is 6.92 Å². The van der Waals surface area contributed by atoms with E-state index >= 15 is 0 Å². The maximum absolute atomic E-state index is 11.1. The highest BCUT2D eigenvalue weighted by Crippen LogP contribution is 2.09. The Kier molecular flexibility index (Phi) is 4.33. The Morgan fingerprint density at radius 1 is 1.36 bits per heavy atom. The normalized spacial score (nSPS) is 15.3. The van der Waals surface area contributed by atoms with Crippen molar-refractivity contribution in [1.82, 2.24) is 0 Å². The second-order valence-corrected chi connectivity index (χ2v) is 3.64. The summed E-state index contributed by atoms with van der Waals surface area (Å²) in [5, 5.41) is 0. The van der Waals surface area contributed by atoms with Crippen molar-refractivity contribution >= 4 is 27.7 Å². The zero-order valence-electron chi connectivity index (χ0n) is 6.76. The number of ether oxygens (including phenoxy) is 1. The number of esters is 1. The minimum absolute atomic E-state index is 0.156. The SMILES string of the molecule is COC(=O)[C@@H](C)C(=O)[C@H](C)Br. The van der Waals surface area contributed by atoms with Crippen LogP contribution in [0.1, 0.15) is 13.8 Å². The third-order valence-electron chi connectivity index (χ3n) is 1.37. The van der Waals surface area contributed by atoms with E-state index in [-0.39, 0.29) is 10.6 Å². The summed E-state index contributed by atoms with van der Waals surface area (Å²) in [4.78, 5) is 21.6. The minimum Gasteiger partial charge on any atom is -0.468 e. The molecule has 0 aromatic rings. The quantitative estimate of drug-likeness (QED) is 0.409. The molecule has 0 radical (unpaired) electrons. The van der Waals surface area contributed by atoms with Crippen molar-refractivity contribution in [3.8, 4) is 0 Å². The van der Waals surface area contributed by atoms with Gasteiger partial charge in [-0.3, -0.25) is 9.59 Å². The van der Waals surface area contributed by atoms with Crippen molar-refractivity contribution in [1.29, 1.82) is 0 Å². The first-order valence-electron chi connectivity index (χ1n) is 3.26. The summed E-state index contributed by atoms with van der Waals surface area (Å²) in [7, 11) is 1.27. The Balaban J connectivity index is 4.13. The van der Waals surface area contributed by atoms with Crippen LogP contribution in [0.4, 0.5) is 0 Å². The van der Waals surface area contributed by atoms with Gasteiger partial charge >= 0.3 is 5.97 Å². The summed E-state index contributed by atoms with van der Waals surface area (Å²) >= 11 is 3.08. The molecule has 0 aromatic carbocycles. The molecule has 0 rings (SSSR count). The van der Waals surface area contributed by atoms with E-state index in [1.165, 1.54) is 14.0 Å². The first-order valence-corrected chi connectivity index (χ1v) is 4.18. The molecule has 0 unspecified atom stereocenters. The van der Waals surface area contributed by atoms with E-state index < -0.39 is 11.9 Å². The Labute approximate surface area is 74.2 Å². The summed E-state index contributed by atoms with van der Waals surface area (Å²) in [6, 6.07) is 0. The van der Waals surface area contributed by atoms with Crippen molar-refractivity contribution in [2.45, 2.75) is 18.7 Å². The maximum Gasteiger partial charge on any atom is 0.315 e. The summed E-state index contributed by atoms with van der Waals surface area (Å²) < 4.78 is 4.40. The van der Waals surface area contributed by atoms with Gasteiger partial charge in [-0.25, -0.2) is 0 Å². The zero-order chi connectivity index (χ0) is 9.02. The highest BCUT2D eigenvalue weighted by Gasteiger charge is 2.24. The molecule has 11 heavy (non-hydrogen) atoms. The van der Waals surface area contributed by atoms with Crippen LogP contribution in [-0.4, -0.2) is 23.7 Å². The van der Waals surface area contributed by atoms with Crippen LogP contribution >= 0.6 is 15.9 Å². The van der Waals surface area contributed by atoms with Gasteiger partial charge in [0.2, 0.25) is 0 Å². The van der Waals surface area contributed by atoms with Crippen molar-refractivity contribution < 1.29 is 14.3 Å². The number of methoxy groups -OCH3 is 1. The molecule has 0 bridgehead atoms. The van der Waals surface area contributed by atoms with Crippen LogP contribution in [0, 0.1) is 5.92 Å². The van der Waals surface area contributed by atoms with Crippen molar-refractivity contribution in [3.63, 3.8) is 0 Å². The fraction of sp³-hybridized carbons (Fsp3) is 0.714. The fourth-order valence-electron chi connectivity index (χ4n) is 0.637. The molecular formula is C7H11BrO3. The molecule has 2 atom stereocenters. The lowest BCUT2D eigenvalue weighted by Crippen LogP contribution is -2.27. The number of rotatable bonds is 3. The number of carbonyl (C=O) groups excluding carboxylic acids is 2. The van der Waals surface area contributed by atoms with E-state index in [1.807, 2.05) is 0 Å². The van der Waals surface area contributed by atoms with Gasteiger partial charge in [-0.05, 0) is 13.8 Å². The van der Waals surface area contributed by atoms with Gasteiger partial charge in [0.1, 0.15) is 5.92 Å². The third-order valence-corrected chi connectivity index (χ3v) is 1.82. The lowest BCUT2D eigenvalue weighted by Gasteiger charge is -2.08. The van der Waals surface area contributed by atoms with Crippen LogP contribution in [0.15, 0.2) is 0 Å². The molecule has 0 amide bonds. The van der Waals surface area contributed by atoms with E-state index in [0.717, 1.165) is 0 Å². The van der Waals surface area contributed by atoms with Crippen molar-refractivity contribution in [2.75, 3.05) is 7.11 Å². The zero-order valence-corrected chi connectivity index (χ0v) is 8.34. The molecule has 0 aliphatic heterocycles. The molecule has 0 spiro atoms. The first-order chi connectivity index (χ1) is 5.00. The predicted molar refractivity (Wildman–Crippen MR) is 44.6 cm³/mol. The van der Waals surface area contributed by atoms with Gasteiger partial charge in [0.25, 0.3) is 0 Å². The van der Waals surface area contributed by atoms with Gasteiger partial charge in [-0.2, -0.15) is 0 Å². The standard InChI is InChI=1S/C7H11BrO3/c1-4(7(10)11-3)6(9)5(2)8/h4-5H,1-3H3/t4-,5-/m0/s1. The van der Waals surface area contributed by atoms with E-state index in [0.29, 0.717) is 0 Å². The van der Waals surface area contributed by atoms with Gasteiger partial charge < -0.3 is 4.74 Å². The number of halogens is 1.